The van der Waals surface area contributed by atoms with E-state index in [0.29, 0.717) is 19.8 Å². The number of methoxy groups -OCH3 is 1. The molecule has 0 aliphatic carbocycles. The van der Waals surface area contributed by atoms with Crippen molar-refractivity contribution >= 4 is 23.4 Å². The molecule has 0 N–H and O–H groups in total. The van der Waals surface area contributed by atoms with Crippen LogP contribution in [0, 0.1) is 5.92 Å². The van der Waals surface area contributed by atoms with Crippen molar-refractivity contribution in [2.45, 2.75) is 43.8 Å². The van der Waals surface area contributed by atoms with Crippen LogP contribution < -0.4 is 0 Å². The largest absolute Gasteiger partial charge is 0.465 e. The van der Waals surface area contributed by atoms with Crippen molar-refractivity contribution in [1.82, 2.24) is 0 Å². The lowest BCUT2D eigenvalue weighted by atomic mass is 10.0. The number of carbonyl (C=O) groups excluding carboxylic acids is 1. The maximum atomic E-state index is 11.6. The molecule has 150 valence electrons. The van der Waals surface area contributed by atoms with Crippen LogP contribution in [0.15, 0.2) is 34.3 Å². The van der Waals surface area contributed by atoms with Crippen LogP contribution in [0.2, 0.25) is 0 Å². The van der Waals surface area contributed by atoms with E-state index >= 15 is 0 Å². The number of rotatable bonds is 9. The van der Waals surface area contributed by atoms with Crippen LogP contribution in [0.4, 0.5) is 0 Å². The first-order valence-electron chi connectivity index (χ1n) is 9.16. The van der Waals surface area contributed by atoms with Crippen molar-refractivity contribution < 1.29 is 23.8 Å². The Morgan fingerprint density at radius 1 is 1.26 bits per heavy atom. The predicted molar refractivity (Wildman–Crippen MR) is 106 cm³/mol. The van der Waals surface area contributed by atoms with Crippen LogP contribution in [-0.4, -0.2) is 50.7 Å². The number of thioether (sulfide) groups is 1. The Morgan fingerprint density at radius 3 is 2.52 bits per heavy atom. The Morgan fingerprint density at radius 2 is 1.93 bits per heavy atom. The third kappa shape index (κ3) is 6.52. The maximum absolute atomic E-state index is 11.6. The zero-order valence-corrected chi connectivity index (χ0v) is 17.3. The average molecular weight is 396 g/mol. The quantitative estimate of drug-likeness (QED) is 0.208. The van der Waals surface area contributed by atoms with Crippen molar-refractivity contribution in [3.8, 4) is 0 Å². The first-order chi connectivity index (χ1) is 13.0. The number of carbonyl (C=O) groups is 1. The summed E-state index contributed by atoms with van der Waals surface area (Å²) < 4.78 is 15.8. The van der Waals surface area contributed by atoms with Gasteiger partial charge in [-0.05, 0) is 50.1 Å². The van der Waals surface area contributed by atoms with Crippen LogP contribution in [-0.2, 0) is 23.8 Å². The van der Waals surface area contributed by atoms with E-state index in [1.165, 1.54) is 12.0 Å². The molecule has 0 atom stereocenters. The van der Waals surface area contributed by atoms with Crippen molar-refractivity contribution in [1.29, 1.82) is 0 Å². The number of esters is 1. The molecule has 6 nitrogen and oxygen atoms in total. The highest BCUT2D eigenvalue weighted by Crippen LogP contribution is 2.25. The lowest BCUT2D eigenvalue weighted by Crippen LogP contribution is -2.48. The molecule has 0 bridgehead atoms. The third-order valence-electron chi connectivity index (χ3n) is 4.55. The van der Waals surface area contributed by atoms with Gasteiger partial charge in [0.2, 0.25) is 0 Å². The van der Waals surface area contributed by atoms with Gasteiger partial charge in [-0.2, -0.15) is 0 Å². The van der Waals surface area contributed by atoms with E-state index in [0.717, 1.165) is 30.5 Å². The first-order valence-corrected chi connectivity index (χ1v) is 10.4. The Labute approximate surface area is 165 Å². The van der Waals surface area contributed by atoms with E-state index in [1.54, 1.807) is 18.7 Å². The number of benzene rings is 1. The first kappa shape index (κ1) is 21.7. The van der Waals surface area contributed by atoms with Crippen LogP contribution in [0.3, 0.4) is 0 Å². The normalized spacial score (nSPS) is 23.1. The fraction of sp³-hybridized carbons (Fsp3) is 0.600. The molecule has 0 spiro atoms. The highest BCUT2D eigenvalue weighted by atomic mass is 32.2. The van der Waals surface area contributed by atoms with Crippen molar-refractivity contribution in [3.63, 3.8) is 0 Å². The zero-order chi connectivity index (χ0) is 19.7. The zero-order valence-electron chi connectivity index (χ0n) is 16.5. The number of hydrogen-bond donors (Lipinski definition) is 0. The fourth-order valence-electron chi connectivity index (χ4n) is 2.74. The summed E-state index contributed by atoms with van der Waals surface area (Å²) in [6, 6.07) is 8.27. The summed E-state index contributed by atoms with van der Waals surface area (Å²) in [5.74, 6) is -1.48. The molecule has 0 saturated carbocycles. The third-order valence-corrected chi connectivity index (χ3v) is 5.30. The van der Waals surface area contributed by atoms with Crippen molar-refractivity contribution in [2.24, 2.45) is 11.1 Å². The van der Waals surface area contributed by atoms with Crippen molar-refractivity contribution in [2.75, 3.05) is 33.2 Å². The molecule has 0 aromatic heterocycles. The predicted octanol–water partition coefficient (Wildman–Crippen LogP) is 3.87. The molecule has 1 fully saturated rings. The molecule has 1 aliphatic rings. The van der Waals surface area contributed by atoms with E-state index in [2.05, 4.69) is 35.7 Å². The van der Waals surface area contributed by atoms with Gasteiger partial charge < -0.3 is 19.0 Å². The minimum atomic E-state index is -1.27. The maximum Gasteiger partial charge on any atom is 0.366 e. The minimum Gasteiger partial charge on any atom is -0.465 e. The molecule has 1 aliphatic heterocycles. The standard InChI is InChI=1S/C20H29NO5S/c1-15(17-8-10-18(27-4)11-9-17)21-26-12-6-5-7-16-13-24-20(2,25-14-16)19(22)23-3/h8-11,16H,5-7,12-14H2,1-4H3/b21-15-. The average Bonchev–Trinajstić information content (AvgIpc) is 2.71. The van der Waals surface area contributed by atoms with Gasteiger partial charge in [-0.15, -0.1) is 11.8 Å². The van der Waals surface area contributed by atoms with Gasteiger partial charge in [-0.1, -0.05) is 17.3 Å². The lowest BCUT2D eigenvalue weighted by Gasteiger charge is -2.35. The summed E-state index contributed by atoms with van der Waals surface area (Å²) in [4.78, 5) is 18.3. The molecule has 7 heteroatoms. The van der Waals surface area contributed by atoms with E-state index in [9.17, 15) is 4.79 Å². The molecule has 2 rings (SSSR count). The van der Waals surface area contributed by atoms with E-state index in [-0.39, 0.29) is 5.92 Å². The molecule has 0 radical (unpaired) electrons. The number of hydrogen-bond acceptors (Lipinski definition) is 7. The minimum absolute atomic E-state index is 0.280. The van der Waals surface area contributed by atoms with Crippen LogP contribution in [0.25, 0.3) is 0 Å². The van der Waals surface area contributed by atoms with Gasteiger partial charge in [0.15, 0.2) is 0 Å². The summed E-state index contributed by atoms with van der Waals surface area (Å²) in [6.45, 7) is 5.11. The van der Waals surface area contributed by atoms with Gasteiger partial charge in [-0.25, -0.2) is 4.79 Å². The molecule has 1 heterocycles. The van der Waals surface area contributed by atoms with Gasteiger partial charge in [0.25, 0.3) is 5.79 Å². The second-order valence-electron chi connectivity index (χ2n) is 6.66. The molecular formula is C20H29NO5S. The molecule has 1 aromatic carbocycles. The summed E-state index contributed by atoms with van der Waals surface area (Å²) >= 11 is 1.72. The highest BCUT2D eigenvalue weighted by molar-refractivity contribution is 7.98. The Bertz CT molecular complexity index is 624. The lowest BCUT2D eigenvalue weighted by molar-refractivity contribution is -0.272. The molecule has 1 saturated heterocycles. The molecule has 27 heavy (non-hydrogen) atoms. The Hall–Kier alpha value is -1.57. The van der Waals surface area contributed by atoms with E-state index in [4.69, 9.17) is 19.0 Å². The summed E-state index contributed by atoms with van der Waals surface area (Å²) in [5, 5.41) is 4.19. The van der Waals surface area contributed by atoms with Gasteiger partial charge in [0.05, 0.1) is 26.0 Å². The summed E-state index contributed by atoms with van der Waals surface area (Å²) in [7, 11) is 1.33. The van der Waals surface area contributed by atoms with Gasteiger partial charge in [-0.3, -0.25) is 0 Å². The van der Waals surface area contributed by atoms with E-state index < -0.39 is 11.8 Å². The molecular weight excluding hydrogens is 366 g/mol. The summed E-state index contributed by atoms with van der Waals surface area (Å²) in [5.41, 5.74) is 1.94. The van der Waals surface area contributed by atoms with Gasteiger partial charge in [0, 0.05) is 17.7 Å². The number of unbranched alkanes of at least 4 members (excludes halogenated alkanes) is 1. The van der Waals surface area contributed by atoms with Gasteiger partial charge >= 0.3 is 5.97 Å². The second kappa shape index (κ2) is 10.7. The topological polar surface area (TPSA) is 66.4 Å². The number of nitrogens with zero attached hydrogens (tertiary/aromatic N) is 1. The van der Waals surface area contributed by atoms with E-state index in [1.807, 2.05) is 6.92 Å². The fourth-order valence-corrected chi connectivity index (χ4v) is 3.15. The highest BCUT2D eigenvalue weighted by Gasteiger charge is 2.41. The molecule has 0 unspecified atom stereocenters. The Balaban J connectivity index is 1.61. The van der Waals surface area contributed by atoms with Crippen LogP contribution in [0.5, 0.6) is 0 Å². The summed E-state index contributed by atoms with van der Waals surface area (Å²) in [6.07, 6.45) is 4.91. The molecule has 0 amide bonds. The van der Waals surface area contributed by atoms with Crippen LogP contribution in [0.1, 0.15) is 38.7 Å². The number of ether oxygens (including phenoxy) is 3. The van der Waals surface area contributed by atoms with Gasteiger partial charge in [0.1, 0.15) is 6.61 Å². The monoisotopic (exact) mass is 395 g/mol. The Kier molecular flexibility index (Phi) is 8.60. The molecule has 1 aromatic rings. The smallest absolute Gasteiger partial charge is 0.366 e. The van der Waals surface area contributed by atoms with Crippen LogP contribution >= 0.6 is 11.8 Å². The second-order valence-corrected chi connectivity index (χ2v) is 7.54. The van der Waals surface area contributed by atoms with Crippen molar-refractivity contribution in [3.05, 3.63) is 29.8 Å². The number of oxime groups is 1. The SMILES string of the molecule is COC(=O)C1(C)OCC(CCCCO/N=C(/C)c2ccc(SC)cc2)CO1.